The molecule has 3 amide bonds. The van der Waals surface area contributed by atoms with Crippen molar-refractivity contribution in [2.45, 2.75) is 13.0 Å². The van der Waals surface area contributed by atoms with Crippen LogP contribution in [0.1, 0.15) is 16.7 Å². The van der Waals surface area contributed by atoms with Gasteiger partial charge in [-0.1, -0.05) is 103 Å². The monoisotopic (exact) mass is 513 g/mol. The van der Waals surface area contributed by atoms with Gasteiger partial charge in [-0.2, -0.15) is 0 Å². The number of hydrogen-bond acceptors (Lipinski definition) is 5. The highest BCUT2D eigenvalue weighted by Gasteiger charge is 2.42. The molecule has 3 aromatic rings. The van der Waals surface area contributed by atoms with Crippen LogP contribution in [0.5, 0.6) is 0 Å². The largest absolute Gasteiger partial charge is 0.354 e. The fourth-order valence-corrected chi connectivity index (χ4v) is 5.63. The minimum atomic E-state index is -0.366. The van der Waals surface area contributed by atoms with Crippen LogP contribution in [0.2, 0.25) is 0 Å². The van der Waals surface area contributed by atoms with Crippen LogP contribution >= 0.6 is 24.0 Å². The number of para-hydroxylation sites is 1. The van der Waals surface area contributed by atoms with E-state index in [1.165, 1.54) is 9.80 Å². The topological polar surface area (TPSA) is 69.7 Å². The quantitative estimate of drug-likeness (QED) is 0.380. The predicted octanol–water partition coefficient (Wildman–Crippen LogP) is 4.16. The number of hydrogen-bond donors (Lipinski definition) is 1. The maximum absolute atomic E-state index is 13.6. The lowest BCUT2D eigenvalue weighted by atomic mass is 10.1. The molecule has 0 aromatic heterocycles. The van der Waals surface area contributed by atoms with E-state index < -0.39 is 0 Å². The van der Waals surface area contributed by atoms with Gasteiger partial charge in [-0.25, -0.2) is 0 Å². The normalized spacial score (nSPS) is 17.1. The zero-order valence-electron chi connectivity index (χ0n) is 19.3. The molecule has 1 N–H and O–H groups in total. The first-order chi connectivity index (χ1) is 17.5. The van der Waals surface area contributed by atoms with Crippen LogP contribution in [0, 0.1) is 0 Å². The third-order valence-corrected chi connectivity index (χ3v) is 7.51. The Morgan fingerprint density at radius 3 is 2.17 bits per heavy atom. The van der Waals surface area contributed by atoms with E-state index in [0.29, 0.717) is 45.6 Å². The Bertz CT molecular complexity index is 1370. The summed E-state index contributed by atoms with van der Waals surface area (Å²) in [5.74, 6) is -0.914. The Morgan fingerprint density at radius 1 is 0.806 bits per heavy atom. The van der Waals surface area contributed by atoms with Crippen molar-refractivity contribution in [2.24, 2.45) is 0 Å². The average Bonchev–Trinajstić information content (AvgIpc) is 3.32. The summed E-state index contributed by atoms with van der Waals surface area (Å²) in [4.78, 5) is 42.9. The van der Waals surface area contributed by atoms with Gasteiger partial charge in [-0.05, 0) is 23.6 Å². The van der Waals surface area contributed by atoms with Gasteiger partial charge >= 0.3 is 0 Å². The highest BCUT2D eigenvalue weighted by Crippen LogP contribution is 2.44. The molecular weight excluding hydrogens is 490 g/mol. The molecule has 5 rings (SSSR count). The highest BCUT2D eigenvalue weighted by molar-refractivity contribution is 8.26. The Morgan fingerprint density at radius 2 is 1.44 bits per heavy atom. The van der Waals surface area contributed by atoms with E-state index in [1.807, 2.05) is 72.8 Å². The van der Waals surface area contributed by atoms with Crippen LogP contribution in [0.15, 0.2) is 89.8 Å². The fourth-order valence-electron chi connectivity index (χ4n) is 4.30. The summed E-state index contributed by atoms with van der Waals surface area (Å²) in [6, 6.07) is 26.7. The summed E-state index contributed by atoms with van der Waals surface area (Å²) in [6.45, 7) is 0.682. The summed E-state index contributed by atoms with van der Waals surface area (Å²) in [5.41, 5.74) is 3.63. The molecule has 1 fully saturated rings. The average molecular weight is 514 g/mol. The number of nitrogens with zero attached hydrogens (tertiary/aromatic N) is 2. The number of carbonyl (C=O) groups excluding carboxylic acids is 3. The van der Waals surface area contributed by atoms with Gasteiger partial charge in [-0.3, -0.25) is 24.2 Å². The number of anilines is 1. The summed E-state index contributed by atoms with van der Waals surface area (Å²) in [7, 11) is 0. The number of carbonyl (C=O) groups is 3. The van der Waals surface area contributed by atoms with Crippen molar-refractivity contribution in [1.82, 2.24) is 10.2 Å². The molecule has 0 atom stereocenters. The lowest BCUT2D eigenvalue weighted by Crippen LogP contribution is -2.39. The fraction of sp³-hybridized carbons (Fsp3) is 0.143. The van der Waals surface area contributed by atoms with Crippen LogP contribution < -0.4 is 10.2 Å². The highest BCUT2D eigenvalue weighted by atomic mass is 32.2. The van der Waals surface area contributed by atoms with Crippen LogP contribution in [-0.4, -0.2) is 40.0 Å². The number of fused-ring (bicyclic) bond motifs is 1. The van der Waals surface area contributed by atoms with Gasteiger partial charge in [0.05, 0.1) is 22.7 Å². The molecule has 180 valence electrons. The van der Waals surface area contributed by atoms with Crippen LogP contribution in [-0.2, 0) is 27.3 Å². The Hall–Kier alpha value is -3.75. The van der Waals surface area contributed by atoms with Crippen LogP contribution in [0.3, 0.4) is 0 Å². The van der Waals surface area contributed by atoms with Gasteiger partial charge in [0.2, 0.25) is 5.91 Å². The summed E-state index contributed by atoms with van der Waals surface area (Å²) in [6.07, 6.45) is 0.701. The van der Waals surface area contributed by atoms with Gasteiger partial charge in [0.25, 0.3) is 11.8 Å². The summed E-state index contributed by atoms with van der Waals surface area (Å²) >= 11 is 6.64. The molecule has 2 aliphatic rings. The van der Waals surface area contributed by atoms with Crippen molar-refractivity contribution in [3.8, 4) is 0 Å². The van der Waals surface area contributed by atoms with E-state index in [2.05, 4.69) is 5.32 Å². The zero-order chi connectivity index (χ0) is 25.1. The number of thiocarbonyl (C=S) groups is 1. The molecule has 3 aromatic carbocycles. The first-order valence-corrected chi connectivity index (χ1v) is 12.8. The molecule has 36 heavy (non-hydrogen) atoms. The second-order valence-corrected chi connectivity index (χ2v) is 10.1. The van der Waals surface area contributed by atoms with Gasteiger partial charge in [0, 0.05) is 12.1 Å². The standard InChI is InChI=1S/C28H23N3O3S2/c32-23(29-16-15-19-9-3-1-4-10-19)18-30-22-14-8-7-13-21(22)24(26(30)33)25-27(34)31(28(35)36-25)17-20-11-5-2-6-12-20/h1-14H,15-18H2,(H,29,32)/b25-24-. The van der Waals surface area contributed by atoms with E-state index in [4.69, 9.17) is 12.2 Å². The smallest absolute Gasteiger partial charge is 0.267 e. The molecule has 0 spiro atoms. The number of nitrogens with one attached hydrogen (secondary N) is 1. The van der Waals surface area contributed by atoms with E-state index in [-0.39, 0.29) is 24.3 Å². The SMILES string of the molecule is O=C(CN1C(=O)/C(=C2\SC(=S)N(Cc3ccccc3)C2=O)c2ccccc21)NCCc1ccccc1. The van der Waals surface area contributed by atoms with Crippen LogP contribution in [0.4, 0.5) is 5.69 Å². The molecule has 6 nitrogen and oxygen atoms in total. The lowest BCUT2D eigenvalue weighted by Gasteiger charge is -2.17. The first kappa shape index (κ1) is 24.0. The van der Waals surface area contributed by atoms with Crippen molar-refractivity contribution in [2.75, 3.05) is 18.0 Å². The second kappa shape index (κ2) is 10.5. The maximum Gasteiger partial charge on any atom is 0.267 e. The molecule has 0 radical (unpaired) electrons. The molecule has 2 aliphatic heterocycles. The molecular formula is C28H23N3O3S2. The minimum Gasteiger partial charge on any atom is -0.354 e. The molecule has 0 unspecified atom stereocenters. The number of rotatable bonds is 7. The van der Waals surface area contributed by atoms with E-state index in [0.717, 1.165) is 22.9 Å². The Balaban J connectivity index is 1.34. The Labute approximate surface area is 219 Å². The van der Waals surface area contributed by atoms with Crippen LogP contribution in [0.25, 0.3) is 5.57 Å². The van der Waals surface area contributed by atoms with E-state index in [9.17, 15) is 14.4 Å². The van der Waals surface area contributed by atoms with Gasteiger partial charge in [-0.15, -0.1) is 0 Å². The lowest BCUT2D eigenvalue weighted by molar-refractivity contribution is -0.122. The van der Waals surface area contributed by atoms with Crippen molar-refractivity contribution in [1.29, 1.82) is 0 Å². The number of benzene rings is 3. The number of thioether (sulfide) groups is 1. The molecule has 0 saturated carbocycles. The van der Waals surface area contributed by atoms with Crippen molar-refractivity contribution >= 4 is 57.3 Å². The molecule has 0 aliphatic carbocycles. The maximum atomic E-state index is 13.6. The molecule has 1 saturated heterocycles. The third-order valence-electron chi connectivity index (χ3n) is 6.06. The van der Waals surface area contributed by atoms with E-state index in [1.54, 1.807) is 12.1 Å². The molecule has 0 bridgehead atoms. The van der Waals surface area contributed by atoms with Crippen molar-refractivity contribution < 1.29 is 14.4 Å². The summed E-state index contributed by atoms with van der Waals surface area (Å²) in [5, 5.41) is 2.89. The van der Waals surface area contributed by atoms with Gasteiger partial charge in [0.15, 0.2) is 0 Å². The van der Waals surface area contributed by atoms with Gasteiger partial charge < -0.3 is 5.32 Å². The van der Waals surface area contributed by atoms with E-state index >= 15 is 0 Å². The molecule has 2 heterocycles. The zero-order valence-corrected chi connectivity index (χ0v) is 21.0. The molecule has 8 heteroatoms. The summed E-state index contributed by atoms with van der Waals surface area (Å²) < 4.78 is 0.411. The minimum absolute atomic E-state index is 0.127. The Kier molecular flexibility index (Phi) is 6.97. The van der Waals surface area contributed by atoms with Crippen molar-refractivity contribution in [3.05, 3.63) is 107 Å². The van der Waals surface area contributed by atoms with Gasteiger partial charge in [0.1, 0.15) is 10.9 Å². The number of amides is 3. The van der Waals surface area contributed by atoms with Crippen molar-refractivity contribution in [3.63, 3.8) is 0 Å². The second-order valence-electron chi connectivity index (χ2n) is 8.44. The predicted molar refractivity (Wildman–Crippen MR) is 146 cm³/mol. The third kappa shape index (κ3) is 4.82. The first-order valence-electron chi connectivity index (χ1n) is 11.6.